The lowest BCUT2D eigenvalue weighted by Gasteiger charge is -2.49. The number of ketones is 2. The van der Waals surface area contributed by atoms with Gasteiger partial charge in [-0.15, -0.1) is 0 Å². The highest BCUT2D eigenvalue weighted by Crippen LogP contribution is 2.55. The van der Waals surface area contributed by atoms with Crippen molar-refractivity contribution in [3.05, 3.63) is 45.8 Å². The Morgan fingerprint density at radius 2 is 1.32 bits per heavy atom. The standard InChI is InChI=1S/C35H51NO4/c1-8-9-10-11-12-13-14-15-16-36-25-19-34(3,4)21-27(37)31(25)30(24-17-23(2)33(39)29(18-24)40-7)32-26(36)20-35(5,6)22-28(32)38/h17-18,30,39H,8-16,19-22H2,1-7H3. The topological polar surface area (TPSA) is 66.8 Å². The third-order valence-electron chi connectivity index (χ3n) is 9.10. The Labute approximate surface area is 242 Å². The second kappa shape index (κ2) is 12.1. The van der Waals surface area contributed by atoms with E-state index in [0.29, 0.717) is 24.2 Å². The monoisotopic (exact) mass is 549 g/mol. The van der Waals surface area contributed by atoms with Crippen LogP contribution >= 0.6 is 0 Å². The van der Waals surface area contributed by atoms with Gasteiger partial charge in [-0.2, -0.15) is 0 Å². The van der Waals surface area contributed by atoms with E-state index in [0.717, 1.165) is 53.9 Å². The molecule has 0 spiro atoms. The molecule has 1 N–H and O–H groups in total. The summed E-state index contributed by atoms with van der Waals surface area (Å²) in [4.78, 5) is 30.4. The number of ether oxygens (including phenoxy) is 1. The minimum Gasteiger partial charge on any atom is -0.504 e. The maximum atomic E-state index is 14.0. The Balaban J connectivity index is 1.77. The van der Waals surface area contributed by atoms with Crippen LogP contribution in [0, 0.1) is 17.8 Å². The lowest BCUT2D eigenvalue weighted by molar-refractivity contribution is -0.119. The molecule has 1 heterocycles. The summed E-state index contributed by atoms with van der Waals surface area (Å²) in [5, 5.41) is 10.6. The van der Waals surface area contributed by atoms with Gasteiger partial charge in [0.05, 0.1) is 7.11 Å². The highest BCUT2D eigenvalue weighted by molar-refractivity contribution is 6.06. The summed E-state index contributed by atoms with van der Waals surface area (Å²) in [5.74, 6) is 0.360. The van der Waals surface area contributed by atoms with E-state index in [1.165, 1.54) is 44.9 Å². The number of Topliss-reactive ketones (excluding diaryl/α,β-unsaturated/α-hetero) is 2. The Kier molecular flexibility index (Phi) is 9.21. The molecule has 0 saturated heterocycles. The predicted molar refractivity (Wildman–Crippen MR) is 162 cm³/mol. The van der Waals surface area contributed by atoms with Crippen molar-refractivity contribution in [1.82, 2.24) is 4.90 Å². The SMILES string of the molecule is CCCCCCCCCCN1C2=C(C(=O)CC(C)(C)C2)C(c2cc(C)c(O)c(OC)c2)C2=C1CC(C)(C)CC2=O. The molecule has 0 radical (unpaired) electrons. The number of unbranched alkanes of at least 4 members (excludes halogenated alkanes) is 7. The predicted octanol–water partition coefficient (Wildman–Crippen LogP) is 8.54. The highest BCUT2D eigenvalue weighted by Gasteiger charge is 2.49. The van der Waals surface area contributed by atoms with Crippen LogP contribution in [-0.4, -0.2) is 35.2 Å². The Morgan fingerprint density at radius 1 is 0.825 bits per heavy atom. The summed E-state index contributed by atoms with van der Waals surface area (Å²) in [6, 6.07) is 3.77. The Bertz CT molecular complexity index is 1150. The Hall–Kier alpha value is -2.56. The van der Waals surface area contributed by atoms with Crippen molar-refractivity contribution >= 4 is 11.6 Å². The van der Waals surface area contributed by atoms with Crippen LogP contribution in [0.2, 0.25) is 0 Å². The molecular weight excluding hydrogens is 498 g/mol. The average molecular weight is 550 g/mol. The quantitative estimate of drug-likeness (QED) is 0.280. The Morgan fingerprint density at radius 3 is 1.82 bits per heavy atom. The van der Waals surface area contributed by atoms with Gasteiger partial charge in [-0.05, 0) is 54.2 Å². The summed E-state index contributed by atoms with van der Waals surface area (Å²) in [5.41, 5.74) is 5.09. The molecule has 0 fully saturated rings. The van der Waals surface area contributed by atoms with Crippen molar-refractivity contribution in [1.29, 1.82) is 0 Å². The van der Waals surface area contributed by atoms with E-state index in [1.807, 2.05) is 19.1 Å². The third-order valence-corrected chi connectivity index (χ3v) is 9.10. The van der Waals surface area contributed by atoms with E-state index in [9.17, 15) is 14.7 Å². The molecule has 4 rings (SSSR count). The van der Waals surface area contributed by atoms with E-state index in [-0.39, 0.29) is 28.1 Å². The van der Waals surface area contributed by atoms with Gasteiger partial charge in [0.15, 0.2) is 23.1 Å². The molecule has 5 heteroatoms. The molecule has 220 valence electrons. The second-order valence-electron chi connectivity index (χ2n) is 14.1. The maximum Gasteiger partial charge on any atom is 0.162 e. The molecule has 0 amide bonds. The van der Waals surface area contributed by atoms with Crippen LogP contribution in [-0.2, 0) is 9.59 Å². The van der Waals surface area contributed by atoms with Gasteiger partial charge >= 0.3 is 0 Å². The number of phenolic OH excluding ortho intramolecular Hbond substituents is 1. The van der Waals surface area contributed by atoms with Gasteiger partial charge in [-0.25, -0.2) is 0 Å². The van der Waals surface area contributed by atoms with Crippen molar-refractivity contribution in [2.24, 2.45) is 10.8 Å². The zero-order valence-electron chi connectivity index (χ0n) is 26.0. The van der Waals surface area contributed by atoms with E-state index in [4.69, 9.17) is 4.74 Å². The first-order chi connectivity index (χ1) is 18.9. The van der Waals surface area contributed by atoms with Crippen LogP contribution in [0.15, 0.2) is 34.7 Å². The molecule has 0 bridgehead atoms. The number of aromatic hydroxyl groups is 1. The molecule has 0 atom stereocenters. The fraction of sp³-hybridized carbons (Fsp3) is 0.657. The minimum atomic E-state index is -0.416. The van der Waals surface area contributed by atoms with Crippen LogP contribution in [0.1, 0.15) is 129 Å². The molecule has 1 aliphatic heterocycles. The fourth-order valence-corrected chi connectivity index (χ4v) is 7.15. The molecule has 2 aliphatic carbocycles. The van der Waals surface area contributed by atoms with Gasteiger partial charge in [-0.1, -0.05) is 85.6 Å². The van der Waals surface area contributed by atoms with Crippen molar-refractivity contribution in [2.75, 3.05) is 13.7 Å². The first kappa shape index (κ1) is 30.4. The summed E-state index contributed by atoms with van der Waals surface area (Å²) >= 11 is 0. The van der Waals surface area contributed by atoms with E-state index >= 15 is 0 Å². The molecule has 5 nitrogen and oxygen atoms in total. The van der Waals surface area contributed by atoms with Crippen LogP contribution in [0.3, 0.4) is 0 Å². The number of nitrogens with zero attached hydrogens (tertiary/aromatic N) is 1. The van der Waals surface area contributed by atoms with Gasteiger partial charge in [0, 0.05) is 47.8 Å². The summed E-state index contributed by atoms with van der Waals surface area (Å²) < 4.78 is 5.51. The minimum absolute atomic E-state index is 0.106. The van der Waals surface area contributed by atoms with E-state index < -0.39 is 5.92 Å². The zero-order chi connectivity index (χ0) is 29.2. The number of carbonyl (C=O) groups is 2. The normalized spacial score (nSPS) is 20.6. The molecule has 3 aliphatic rings. The third kappa shape index (κ3) is 6.34. The van der Waals surface area contributed by atoms with Crippen molar-refractivity contribution in [2.45, 2.75) is 125 Å². The van der Waals surface area contributed by atoms with Gasteiger partial charge in [0.1, 0.15) is 0 Å². The van der Waals surface area contributed by atoms with Crippen molar-refractivity contribution < 1.29 is 19.4 Å². The summed E-state index contributed by atoms with van der Waals surface area (Å²) in [6.45, 7) is 13.7. The number of phenols is 1. The van der Waals surface area contributed by atoms with E-state index in [1.54, 1.807) is 7.11 Å². The lowest BCUT2D eigenvalue weighted by atomic mass is 9.63. The van der Waals surface area contributed by atoms with Crippen molar-refractivity contribution in [3.8, 4) is 11.5 Å². The van der Waals surface area contributed by atoms with Crippen LogP contribution in [0.5, 0.6) is 11.5 Å². The molecular formula is C35H51NO4. The van der Waals surface area contributed by atoms with Crippen LogP contribution in [0.4, 0.5) is 0 Å². The molecule has 1 aromatic carbocycles. The molecule has 40 heavy (non-hydrogen) atoms. The smallest absolute Gasteiger partial charge is 0.162 e. The van der Waals surface area contributed by atoms with Gasteiger partial charge in [0.25, 0.3) is 0 Å². The van der Waals surface area contributed by atoms with Crippen LogP contribution < -0.4 is 4.74 Å². The number of rotatable bonds is 11. The van der Waals surface area contributed by atoms with Crippen molar-refractivity contribution in [3.63, 3.8) is 0 Å². The van der Waals surface area contributed by atoms with Gasteiger partial charge < -0.3 is 14.7 Å². The van der Waals surface area contributed by atoms with Gasteiger partial charge in [-0.3, -0.25) is 9.59 Å². The largest absolute Gasteiger partial charge is 0.504 e. The number of hydrogen-bond acceptors (Lipinski definition) is 5. The first-order valence-corrected chi connectivity index (χ1v) is 15.6. The number of methoxy groups -OCH3 is 1. The summed E-state index contributed by atoms with van der Waals surface area (Å²) in [7, 11) is 1.54. The van der Waals surface area contributed by atoms with Gasteiger partial charge in [0.2, 0.25) is 0 Å². The molecule has 0 unspecified atom stereocenters. The lowest BCUT2D eigenvalue weighted by Crippen LogP contribution is -2.44. The molecule has 1 aromatic rings. The van der Waals surface area contributed by atoms with Crippen LogP contribution in [0.25, 0.3) is 0 Å². The zero-order valence-corrected chi connectivity index (χ0v) is 26.0. The number of allylic oxidation sites excluding steroid dienone is 4. The number of aryl methyl sites for hydroxylation is 1. The average Bonchev–Trinajstić information content (AvgIpc) is 2.86. The maximum absolute atomic E-state index is 14.0. The van der Waals surface area contributed by atoms with E-state index in [2.05, 4.69) is 39.5 Å². The number of hydrogen-bond donors (Lipinski definition) is 1. The first-order valence-electron chi connectivity index (χ1n) is 15.6. The second-order valence-corrected chi connectivity index (χ2v) is 14.1. The molecule has 0 aromatic heterocycles. The number of benzene rings is 1. The fourth-order valence-electron chi connectivity index (χ4n) is 7.15. The molecule has 0 saturated carbocycles. The summed E-state index contributed by atoms with van der Waals surface area (Å²) in [6.07, 6.45) is 12.6. The highest BCUT2D eigenvalue weighted by atomic mass is 16.5. The number of carbonyl (C=O) groups excluding carboxylic acids is 2.